The third kappa shape index (κ3) is 3.61. The molecule has 0 radical (unpaired) electrons. The molecule has 0 spiro atoms. The maximum absolute atomic E-state index is 10.2. The van der Waals surface area contributed by atoms with E-state index in [2.05, 4.69) is 25.9 Å². The second kappa shape index (κ2) is 7.18. The summed E-state index contributed by atoms with van der Waals surface area (Å²) in [5, 5.41) is 10.7. The van der Waals surface area contributed by atoms with E-state index in [-0.39, 0.29) is 5.75 Å². The number of halogens is 2. The Hall–Kier alpha value is -2.63. The number of benzene rings is 3. The van der Waals surface area contributed by atoms with Gasteiger partial charge in [0.15, 0.2) is 5.58 Å². The Bertz CT molecular complexity index is 1180. The molecule has 0 fully saturated rings. The number of aromatic hydroxyl groups is 1. The number of phenolic OH excluding ortho intramolecular Hbond substituents is 1. The van der Waals surface area contributed by atoms with E-state index < -0.39 is 0 Å². The number of aliphatic imine (C=N–C) groups is 1. The molecule has 0 bridgehead atoms. The van der Waals surface area contributed by atoms with Crippen LogP contribution in [0, 0.1) is 6.92 Å². The second-order valence-corrected chi connectivity index (χ2v) is 7.38. The van der Waals surface area contributed by atoms with Gasteiger partial charge in [0.2, 0.25) is 5.89 Å². The maximum Gasteiger partial charge on any atom is 0.229 e. The highest BCUT2D eigenvalue weighted by molar-refractivity contribution is 9.10. The van der Waals surface area contributed by atoms with Crippen molar-refractivity contribution in [2.45, 2.75) is 6.92 Å². The van der Waals surface area contributed by atoms with Crippen LogP contribution in [0.25, 0.3) is 22.6 Å². The zero-order valence-corrected chi connectivity index (χ0v) is 16.6. The number of hydrogen-bond acceptors (Lipinski definition) is 4. The zero-order chi connectivity index (χ0) is 19.0. The van der Waals surface area contributed by atoms with Crippen LogP contribution in [0.1, 0.15) is 11.1 Å². The number of oxazole rings is 1. The van der Waals surface area contributed by atoms with E-state index in [1.54, 1.807) is 18.3 Å². The Morgan fingerprint density at radius 1 is 1.15 bits per heavy atom. The van der Waals surface area contributed by atoms with Crippen molar-refractivity contribution < 1.29 is 9.52 Å². The molecular formula is C21H14BrClN2O2. The number of rotatable bonds is 3. The summed E-state index contributed by atoms with van der Waals surface area (Å²) in [4.78, 5) is 9.11. The minimum absolute atomic E-state index is 0.0815. The van der Waals surface area contributed by atoms with E-state index in [9.17, 15) is 5.11 Å². The number of aryl methyl sites for hydroxylation is 1. The van der Waals surface area contributed by atoms with Crippen LogP contribution in [0.3, 0.4) is 0 Å². The fraction of sp³-hybridized carbons (Fsp3) is 0.0476. The van der Waals surface area contributed by atoms with Gasteiger partial charge in [-0.15, -0.1) is 0 Å². The van der Waals surface area contributed by atoms with E-state index in [1.807, 2.05) is 49.4 Å². The third-order valence-electron chi connectivity index (χ3n) is 4.08. The van der Waals surface area contributed by atoms with Gasteiger partial charge in [-0.1, -0.05) is 29.8 Å². The van der Waals surface area contributed by atoms with Crippen LogP contribution in [0.2, 0.25) is 5.02 Å². The normalized spacial score (nSPS) is 11.5. The van der Waals surface area contributed by atoms with Gasteiger partial charge in [-0.05, 0) is 64.8 Å². The number of fused-ring (bicyclic) bond motifs is 1. The summed E-state index contributed by atoms with van der Waals surface area (Å²) in [5.74, 6) is 0.581. The summed E-state index contributed by atoms with van der Waals surface area (Å²) in [7, 11) is 0. The predicted octanol–water partition coefficient (Wildman–Crippen LogP) is 6.68. The number of hydrogen-bond donors (Lipinski definition) is 1. The van der Waals surface area contributed by atoms with E-state index in [0.29, 0.717) is 26.6 Å². The fourth-order valence-electron chi connectivity index (χ4n) is 2.74. The molecule has 27 heavy (non-hydrogen) atoms. The van der Waals surface area contributed by atoms with Crippen LogP contribution < -0.4 is 0 Å². The van der Waals surface area contributed by atoms with Crippen LogP contribution in [0.15, 0.2) is 68.5 Å². The minimum Gasteiger partial charge on any atom is -0.506 e. The molecule has 1 aromatic heterocycles. The molecule has 1 N–H and O–H groups in total. The first-order chi connectivity index (χ1) is 13.0. The van der Waals surface area contributed by atoms with Gasteiger partial charge in [0.05, 0.1) is 15.7 Å². The molecule has 0 unspecified atom stereocenters. The molecule has 6 heteroatoms. The van der Waals surface area contributed by atoms with E-state index in [1.165, 1.54) is 0 Å². The van der Waals surface area contributed by atoms with Crippen LogP contribution >= 0.6 is 27.5 Å². The monoisotopic (exact) mass is 440 g/mol. The molecule has 1 heterocycles. The van der Waals surface area contributed by atoms with Gasteiger partial charge in [0, 0.05) is 16.8 Å². The molecule has 0 saturated carbocycles. The highest BCUT2D eigenvalue weighted by atomic mass is 79.9. The molecule has 0 aliphatic carbocycles. The van der Waals surface area contributed by atoms with Crippen molar-refractivity contribution in [3.63, 3.8) is 0 Å². The Morgan fingerprint density at radius 2 is 1.96 bits per heavy atom. The summed E-state index contributed by atoms with van der Waals surface area (Å²) in [6.45, 7) is 2.02. The van der Waals surface area contributed by atoms with Crippen LogP contribution in [-0.2, 0) is 0 Å². The fourth-order valence-corrected chi connectivity index (χ4v) is 3.58. The molecule has 4 rings (SSSR count). The van der Waals surface area contributed by atoms with Gasteiger partial charge in [0.1, 0.15) is 11.3 Å². The second-order valence-electron chi connectivity index (χ2n) is 6.09. The molecule has 0 aliphatic rings. The molecule has 4 nitrogen and oxygen atoms in total. The molecule has 3 aromatic carbocycles. The molecule has 0 amide bonds. The smallest absolute Gasteiger partial charge is 0.229 e. The molecule has 0 atom stereocenters. The standard InChI is InChI=1S/C21H14BrClN2O2/c1-12-6-7-19-18(8-12)25-21(27-19)15-4-2-3-5-17(15)24-11-13-9-14(23)10-16(22)20(13)26/h2-11,26H,1H3. The Balaban J connectivity index is 1.77. The lowest BCUT2D eigenvalue weighted by molar-refractivity contribution is 0.471. The number of nitrogens with zero attached hydrogens (tertiary/aromatic N) is 2. The SMILES string of the molecule is Cc1ccc2oc(-c3ccccc3N=Cc3cc(Cl)cc(Br)c3O)nc2c1. The van der Waals surface area contributed by atoms with Crippen molar-refractivity contribution in [3.8, 4) is 17.2 Å². The largest absolute Gasteiger partial charge is 0.506 e. The summed E-state index contributed by atoms with van der Waals surface area (Å²) in [5.41, 5.74) is 4.61. The molecule has 0 saturated heterocycles. The quantitative estimate of drug-likeness (QED) is 0.361. The van der Waals surface area contributed by atoms with Crippen LogP contribution in [0.4, 0.5) is 5.69 Å². The van der Waals surface area contributed by atoms with Crippen LogP contribution in [0.5, 0.6) is 5.75 Å². The summed E-state index contributed by atoms with van der Waals surface area (Å²) >= 11 is 9.34. The van der Waals surface area contributed by atoms with Crippen molar-refractivity contribution in [2.24, 2.45) is 4.99 Å². The molecule has 4 aromatic rings. The highest BCUT2D eigenvalue weighted by Gasteiger charge is 2.12. The summed E-state index contributed by atoms with van der Waals surface area (Å²) < 4.78 is 6.41. The minimum atomic E-state index is 0.0815. The van der Waals surface area contributed by atoms with Gasteiger partial charge in [0.25, 0.3) is 0 Å². The summed E-state index contributed by atoms with van der Waals surface area (Å²) in [6, 6.07) is 16.7. The molecule has 134 valence electrons. The highest BCUT2D eigenvalue weighted by Crippen LogP contribution is 2.34. The first-order valence-corrected chi connectivity index (χ1v) is 9.37. The third-order valence-corrected chi connectivity index (χ3v) is 4.90. The van der Waals surface area contributed by atoms with Gasteiger partial charge in [-0.2, -0.15) is 0 Å². The lowest BCUT2D eigenvalue weighted by Gasteiger charge is -2.04. The van der Waals surface area contributed by atoms with Crippen LogP contribution in [-0.4, -0.2) is 16.3 Å². The van der Waals surface area contributed by atoms with Gasteiger partial charge in [-0.3, -0.25) is 4.99 Å². The lowest BCUT2D eigenvalue weighted by atomic mass is 10.1. The van der Waals surface area contributed by atoms with Crippen molar-refractivity contribution in [1.29, 1.82) is 0 Å². The van der Waals surface area contributed by atoms with E-state index >= 15 is 0 Å². The van der Waals surface area contributed by atoms with E-state index in [4.69, 9.17) is 16.0 Å². The van der Waals surface area contributed by atoms with Gasteiger partial charge in [-0.25, -0.2) is 4.98 Å². The maximum atomic E-state index is 10.2. The van der Waals surface area contributed by atoms with Crippen molar-refractivity contribution >= 4 is 50.5 Å². The molecule has 0 aliphatic heterocycles. The Kier molecular flexibility index (Phi) is 4.72. The summed E-state index contributed by atoms with van der Waals surface area (Å²) in [6.07, 6.45) is 1.57. The first kappa shape index (κ1) is 17.8. The predicted molar refractivity (Wildman–Crippen MR) is 112 cm³/mol. The average Bonchev–Trinajstić information content (AvgIpc) is 3.06. The average molecular weight is 442 g/mol. The topological polar surface area (TPSA) is 58.6 Å². The lowest BCUT2D eigenvalue weighted by Crippen LogP contribution is -1.85. The van der Waals surface area contributed by atoms with Gasteiger partial charge >= 0.3 is 0 Å². The van der Waals surface area contributed by atoms with Crippen molar-refractivity contribution in [2.75, 3.05) is 0 Å². The molecular weight excluding hydrogens is 428 g/mol. The number of phenols is 1. The zero-order valence-electron chi connectivity index (χ0n) is 14.3. The number of para-hydroxylation sites is 1. The van der Waals surface area contributed by atoms with E-state index in [0.717, 1.165) is 22.2 Å². The Labute approximate surface area is 169 Å². The van der Waals surface area contributed by atoms with Crippen molar-refractivity contribution in [3.05, 3.63) is 75.2 Å². The first-order valence-electron chi connectivity index (χ1n) is 8.20. The van der Waals surface area contributed by atoms with Gasteiger partial charge < -0.3 is 9.52 Å². The van der Waals surface area contributed by atoms with Crippen molar-refractivity contribution in [1.82, 2.24) is 4.98 Å². The number of aromatic nitrogens is 1. The Morgan fingerprint density at radius 3 is 2.81 bits per heavy atom.